The molecule has 3 N–H and O–H groups in total. The van der Waals surface area contributed by atoms with Crippen LogP contribution in [-0.2, 0) is 16.1 Å². The lowest BCUT2D eigenvalue weighted by atomic mass is 10.1. The van der Waals surface area contributed by atoms with Crippen LogP contribution in [0.1, 0.15) is 18.9 Å². The number of nitrogens with zero attached hydrogens (tertiary/aromatic N) is 2. The first-order valence-electron chi connectivity index (χ1n) is 11.9. The molecule has 186 valence electrons. The second kappa shape index (κ2) is 11.7. The average Bonchev–Trinajstić information content (AvgIpc) is 2.88. The fourth-order valence-electron chi connectivity index (χ4n) is 3.77. The standard InChI is InChI=1S/C28H31N5O2S/c1-3-35-24-16-14-22(15-17-24)26-20-31-28(32-23-12-7-13-25(19-23)36(2,29)34)33-27(26)30-18-8-11-21-9-5-4-6-10-21/h4-7,9-10,12-17,19-20,29H,3,8,11,18H2,1-2H3,(H2,30,31,32,33). The van der Waals surface area contributed by atoms with Crippen LogP contribution in [0.4, 0.5) is 17.5 Å². The van der Waals surface area contributed by atoms with E-state index in [0.717, 1.165) is 42.1 Å². The quantitative estimate of drug-likeness (QED) is 0.207. The van der Waals surface area contributed by atoms with Gasteiger partial charge in [0, 0.05) is 35.1 Å². The SMILES string of the molecule is CCOc1ccc(-c2cnc(Nc3cccc(S(C)(=N)=O)c3)nc2NCCCc2ccccc2)cc1. The molecule has 0 aliphatic carbocycles. The van der Waals surface area contributed by atoms with E-state index >= 15 is 0 Å². The molecule has 36 heavy (non-hydrogen) atoms. The van der Waals surface area contributed by atoms with Crippen molar-refractivity contribution in [3.63, 3.8) is 0 Å². The third-order valence-corrected chi connectivity index (χ3v) is 6.74. The molecule has 0 radical (unpaired) electrons. The van der Waals surface area contributed by atoms with Gasteiger partial charge in [0.25, 0.3) is 0 Å². The predicted molar refractivity (Wildman–Crippen MR) is 147 cm³/mol. The molecule has 1 unspecified atom stereocenters. The maximum atomic E-state index is 12.2. The Balaban J connectivity index is 1.56. The molecule has 0 amide bonds. The van der Waals surface area contributed by atoms with Crippen LogP contribution in [-0.4, -0.2) is 33.6 Å². The Morgan fingerprint density at radius 2 is 1.78 bits per heavy atom. The molecule has 1 atom stereocenters. The molecule has 1 aromatic heterocycles. The van der Waals surface area contributed by atoms with Gasteiger partial charge in [0.15, 0.2) is 0 Å². The van der Waals surface area contributed by atoms with Gasteiger partial charge in [-0.3, -0.25) is 0 Å². The highest BCUT2D eigenvalue weighted by atomic mass is 32.2. The normalized spacial score (nSPS) is 12.5. The molecule has 0 aliphatic rings. The number of aryl methyl sites for hydroxylation is 1. The molecule has 4 aromatic rings. The summed E-state index contributed by atoms with van der Waals surface area (Å²) in [7, 11) is -2.82. The minimum atomic E-state index is -2.82. The average molecular weight is 502 g/mol. The van der Waals surface area contributed by atoms with E-state index < -0.39 is 9.73 Å². The summed E-state index contributed by atoms with van der Waals surface area (Å²) in [6.45, 7) is 3.33. The van der Waals surface area contributed by atoms with E-state index in [4.69, 9.17) is 14.5 Å². The number of ether oxygens (including phenoxy) is 1. The smallest absolute Gasteiger partial charge is 0.229 e. The third kappa shape index (κ3) is 6.82. The summed E-state index contributed by atoms with van der Waals surface area (Å²) in [5, 5.41) is 6.67. The molecule has 0 spiro atoms. The molecule has 0 bridgehead atoms. The van der Waals surface area contributed by atoms with E-state index in [-0.39, 0.29) is 0 Å². The maximum absolute atomic E-state index is 12.2. The summed E-state index contributed by atoms with van der Waals surface area (Å²) >= 11 is 0. The second-order valence-electron chi connectivity index (χ2n) is 8.43. The minimum absolute atomic E-state index is 0.417. The number of nitrogens with one attached hydrogen (secondary N) is 3. The van der Waals surface area contributed by atoms with E-state index in [1.54, 1.807) is 24.4 Å². The Morgan fingerprint density at radius 1 is 1.00 bits per heavy atom. The summed E-state index contributed by atoms with van der Waals surface area (Å²) in [6, 6.07) is 25.3. The zero-order valence-electron chi connectivity index (χ0n) is 20.5. The lowest BCUT2D eigenvalue weighted by molar-refractivity contribution is 0.340. The van der Waals surface area contributed by atoms with Crippen molar-refractivity contribution < 1.29 is 8.95 Å². The lowest BCUT2D eigenvalue weighted by Gasteiger charge is -2.14. The zero-order chi connectivity index (χ0) is 25.4. The highest BCUT2D eigenvalue weighted by Gasteiger charge is 2.11. The molecule has 0 saturated heterocycles. The Bertz CT molecular complexity index is 1390. The first-order valence-corrected chi connectivity index (χ1v) is 13.9. The fourth-order valence-corrected chi connectivity index (χ4v) is 4.46. The minimum Gasteiger partial charge on any atom is -0.494 e. The Hall–Kier alpha value is -3.91. The van der Waals surface area contributed by atoms with Crippen molar-refractivity contribution in [2.24, 2.45) is 0 Å². The number of benzene rings is 3. The Kier molecular flexibility index (Phi) is 8.17. The zero-order valence-corrected chi connectivity index (χ0v) is 21.3. The van der Waals surface area contributed by atoms with Crippen LogP contribution < -0.4 is 15.4 Å². The van der Waals surface area contributed by atoms with E-state index in [1.165, 1.54) is 11.8 Å². The highest BCUT2D eigenvalue weighted by Crippen LogP contribution is 2.29. The first kappa shape index (κ1) is 25.2. The van der Waals surface area contributed by atoms with E-state index in [2.05, 4.69) is 39.9 Å². The van der Waals surface area contributed by atoms with Gasteiger partial charge in [0.05, 0.1) is 16.3 Å². The van der Waals surface area contributed by atoms with Crippen molar-refractivity contribution in [1.82, 2.24) is 9.97 Å². The van der Waals surface area contributed by atoms with E-state index in [1.807, 2.05) is 43.3 Å². The van der Waals surface area contributed by atoms with Crippen molar-refractivity contribution in [1.29, 1.82) is 4.78 Å². The molecule has 3 aromatic carbocycles. The van der Waals surface area contributed by atoms with Crippen LogP contribution in [0.15, 0.2) is 90.0 Å². The van der Waals surface area contributed by atoms with Gasteiger partial charge < -0.3 is 15.4 Å². The summed E-state index contributed by atoms with van der Waals surface area (Å²) < 4.78 is 25.6. The highest BCUT2D eigenvalue weighted by molar-refractivity contribution is 7.91. The summed E-state index contributed by atoms with van der Waals surface area (Å²) in [5.74, 6) is 1.96. The number of anilines is 3. The summed E-state index contributed by atoms with van der Waals surface area (Å²) in [4.78, 5) is 9.74. The third-order valence-electron chi connectivity index (χ3n) is 5.58. The molecule has 7 nitrogen and oxygen atoms in total. The van der Waals surface area contributed by atoms with Gasteiger partial charge in [-0.05, 0) is 61.2 Å². The van der Waals surface area contributed by atoms with Crippen molar-refractivity contribution >= 4 is 27.2 Å². The second-order valence-corrected chi connectivity index (χ2v) is 10.6. The van der Waals surface area contributed by atoms with E-state index in [0.29, 0.717) is 23.1 Å². The van der Waals surface area contributed by atoms with Gasteiger partial charge in [-0.25, -0.2) is 14.0 Å². The maximum Gasteiger partial charge on any atom is 0.229 e. The first-order chi connectivity index (χ1) is 17.4. The van der Waals surface area contributed by atoms with Crippen molar-refractivity contribution in [2.75, 3.05) is 30.0 Å². The van der Waals surface area contributed by atoms with Gasteiger partial charge >= 0.3 is 0 Å². The molecule has 1 heterocycles. The number of hydrogen-bond donors (Lipinski definition) is 3. The van der Waals surface area contributed by atoms with E-state index in [9.17, 15) is 4.21 Å². The molecule has 0 fully saturated rings. The number of hydrogen-bond acceptors (Lipinski definition) is 7. The Morgan fingerprint density at radius 3 is 2.50 bits per heavy atom. The van der Waals surface area contributed by atoms with Crippen LogP contribution in [0.2, 0.25) is 0 Å². The van der Waals surface area contributed by atoms with Crippen LogP contribution in [0, 0.1) is 4.78 Å². The molecular weight excluding hydrogens is 470 g/mol. The Labute approximate surface area is 213 Å². The van der Waals surface area contributed by atoms with Gasteiger partial charge in [-0.2, -0.15) is 4.98 Å². The van der Waals surface area contributed by atoms with Crippen LogP contribution in [0.25, 0.3) is 11.1 Å². The molecular formula is C28H31N5O2S. The van der Waals surface area contributed by atoms with Crippen molar-refractivity contribution in [3.8, 4) is 16.9 Å². The number of aromatic nitrogens is 2. The lowest BCUT2D eigenvalue weighted by Crippen LogP contribution is -2.08. The van der Waals surface area contributed by atoms with Gasteiger partial charge in [0.1, 0.15) is 11.6 Å². The summed E-state index contributed by atoms with van der Waals surface area (Å²) in [6.07, 6.45) is 5.13. The van der Waals surface area contributed by atoms with Crippen molar-refractivity contribution in [2.45, 2.75) is 24.7 Å². The topological polar surface area (TPSA) is 100.0 Å². The fraction of sp³-hybridized carbons (Fsp3) is 0.214. The van der Waals surface area contributed by atoms with Crippen LogP contribution >= 0.6 is 0 Å². The molecule has 4 rings (SSSR count). The number of rotatable bonds is 11. The van der Waals surface area contributed by atoms with Crippen molar-refractivity contribution in [3.05, 3.63) is 90.6 Å². The van der Waals surface area contributed by atoms with Crippen LogP contribution in [0.3, 0.4) is 0 Å². The predicted octanol–water partition coefficient (Wildman–Crippen LogP) is 6.37. The van der Waals surface area contributed by atoms with Gasteiger partial charge in [0.2, 0.25) is 5.95 Å². The monoisotopic (exact) mass is 501 g/mol. The molecule has 8 heteroatoms. The van der Waals surface area contributed by atoms with Gasteiger partial charge in [-0.15, -0.1) is 0 Å². The molecule has 0 aliphatic heterocycles. The van der Waals surface area contributed by atoms with Gasteiger partial charge in [-0.1, -0.05) is 48.5 Å². The van der Waals surface area contributed by atoms with Crippen LogP contribution in [0.5, 0.6) is 5.75 Å². The largest absolute Gasteiger partial charge is 0.494 e. The summed E-state index contributed by atoms with van der Waals surface area (Å²) in [5.41, 5.74) is 3.85. The molecule has 0 saturated carbocycles.